The minimum Gasteiger partial charge on any atom is -0.464 e. The fraction of sp³-hybridized carbons (Fsp3) is 0.438. The van der Waals surface area contributed by atoms with Gasteiger partial charge in [-0.2, -0.15) is 5.06 Å². The predicted molar refractivity (Wildman–Crippen MR) is 85.9 cm³/mol. The highest BCUT2D eigenvalue weighted by Gasteiger charge is 2.48. The van der Waals surface area contributed by atoms with Crippen molar-refractivity contribution in [3.63, 3.8) is 0 Å². The normalized spacial score (nSPS) is 22.0. The Hall–Kier alpha value is -2.81. The molecule has 2 fully saturated rings. The summed E-state index contributed by atoms with van der Waals surface area (Å²) in [5.74, 6) is -0.512. The first-order valence-electron chi connectivity index (χ1n) is 8.01. The van der Waals surface area contributed by atoms with E-state index in [2.05, 4.69) is 5.43 Å². The van der Waals surface area contributed by atoms with Crippen LogP contribution in [0.3, 0.4) is 0 Å². The molecule has 2 unspecified atom stereocenters. The molecular weight excluding hydrogens is 328 g/mol. The minimum atomic E-state index is -1.28. The van der Waals surface area contributed by atoms with Crippen LogP contribution in [0.25, 0.3) is 0 Å². The zero-order valence-electron chi connectivity index (χ0n) is 13.8. The van der Waals surface area contributed by atoms with E-state index in [4.69, 9.17) is 9.94 Å². The van der Waals surface area contributed by atoms with E-state index in [1.165, 1.54) is 17.0 Å². The van der Waals surface area contributed by atoms with Crippen molar-refractivity contribution in [1.29, 1.82) is 0 Å². The van der Waals surface area contributed by atoms with Crippen molar-refractivity contribution in [3.8, 4) is 0 Å². The number of carboxylic acid groups (broad SMARTS) is 1. The lowest BCUT2D eigenvalue weighted by Crippen LogP contribution is -2.54. The van der Waals surface area contributed by atoms with Gasteiger partial charge in [-0.1, -0.05) is 30.3 Å². The summed E-state index contributed by atoms with van der Waals surface area (Å²) in [6.45, 7) is 0.665. The number of nitrogens with zero attached hydrogens (tertiary/aromatic N) is 3. The maximum Gasteiger partial charge on any atom is 0.425 e. The van der Waals surface area contributed by atoms with E-state index >= 15 is 0 Å². The van der Waals surface area contributed by atoms with Gasteiger partial charge in [0.1, 0.15) is 12.6 Å². The van der Waals surface area contributed by atoms with Gasteiger partial charge in [0.25, 0.3) is 5.91 Å². The number of piperidine rings is 1. The molecule has 2 aliphatic rings. The van der Waals surface area contributed by atoms with Crippen LogP contribution in [0, 0.1) is 0 Å². The Morgan fingerprint density at radius 3 is 2.72 bits per heavy atom. The van der Waals surface area contributed by atoms with Gasteiger partial charge in [0.05, 0.1) is 6.04 Å². The van der Waals surface area contributed by atoms with Gasteiger partial charge in [0, 0.05) is 13.6 Å². The molecule has 0 aromatic heterocycles. The lowest BCUT2D eigenvalue weighted by Gasteiger charge is -2.30. The number of urea groups is 1. The highest BCUT2D eigenvalue weighted by Crippen LogP contribution is 2.30. The number of carbonyl (C=O) groups is 3. The lowest BCUT2D eigenvalue weighted by atomic mass is 10.0. The number of hydrogen-bond acceptors (Lipinski definition) is 4. The summed E-state index contributed by atoms with van der Waals surface area (Å²) in [7, 11) is 1.23. The molecule has 1 aromatic rings. The van der Waals surface area contributed by atoms with Gasteiger partial charge in [0.2, 0.25) is 0 Å². The van der Waals surface area contributed by atoms with Gasteiger partial charge >= 0.3 is 12.1 Å². The maximum atomic E-state index is 12.6. The van der Waals surface area contributed by atoms with Crippen LogP contribution in [-0.4, -0.2) is 63.8 Å². The Balaban J connectivity index is 1.62. The van der Waals surface area contributed by atoms with Gasteiger partial charge in [-0.3, -0.25) is 15.1 Å². The molecule has 9 nitrogen and oxygen atoms in total. The van der Waals surface area contributed by atoms with E-state index in [9.17, 15) is 14.4 Å². The van der Waals surface area contributed by atoms with Crippen molar-refractivity contribution in [2.45, 2.75) is 31.5 Å². The number of rotatable bonds is 4. The molecule has 0 aliphatic carbocycles. The number of fused-ring (bicyclic) bond motifs is 2. The van der Waals surface area contributed by atoms with Crippen LogP contribution in [0.1, 0.15) is 18.4 Å². The number of nitrogens with one attached hydrogen (secondary N) is 1. The van der Waals surface area contributed by atoms with E-state index in [1.54, 1.807) is 0 Å². The van der Waals surface area contributed by atoms with Gasteiger partial charge < -0.3 is 10.0 Å². The number of benzene rings is 1. The van der Waals surface area contributed by atoms with E-state index in [0.29, 0.717) is 24.4 Å². The second kappa shape index (κ2) is 6.98. The molecule has 0 spiro atoms. The van der Waals surface area contributed by atoms with Crippen LogP contribution in [0.4, 0.5) is 9.59 Å². The number of amides is 4. The van der Waals surface area contributed by atoms with E-state index < -0.39 is 18.0 Å². The average molecular weight is 348 g/mol. The summed E-state index contributed by atoms with van der Waals surface area (Å²) < 4.78 is 0. The molecule has 2 saturated heterocycles. The van der Waals surface area contributed by atoms with Crippen molar-refractivity contribution in [2.24, 2.45) is 0 Å². The van der Waals surface area contributed by atoms with Gasteiger partial charge in [-0.25, -0.2) is 14.6 Å². The van der Waals surface area contributed by atoms with Crippen LogP contribution in [0.2, 0.25) is 0 Å². The van der Waals surface area contributed by atoms with Gasteiger partial charge in [0.15, 0.2) is 0 Å². The largest absolute Gasteiger partial charge is 0.464 e. The van der Waals surface area contributed by atoms with Crippen molar-refractivity contribution in [2.75, 3.05) is 13.6 Å². The molecule has 1 aromatic carbocycles. The summed E-state index contributed by atoms with van der Waals surface area (Å²) in [4.78, 5) is 42.7. The van der Waals surface area contributed by atoms with Crippen LogP contribution >= 0.6 is 0 Å². The maximum absolute atomic E-state index is 12.6. The molecule has 0 saturated carbocycles. The fourth-order valence-corrected chi connectivity index (χ4v) is 3.08. The van der Waals surface area contributed by atoms with Crippen LogP contribution in [-0.2, 0) is 16.2 Å². The third-order valence-electron chi connectivity index (χ3n) is 4.40. The number of carbonyl (C=O) groups excluding carboxylic acids is 2. The predicted octanol–water partition coefficient (Wildman–Crippen LogP) is 1.03. The molecule has 2 heterocycles. The van der Waals surface area contributed by atoms with Crippen molar-refractivity contribution < 1.29 is 24.3 Å². The second-order valence-corrected chi connectivity index (χ2v) is 6.08. The van der Waals surface area contributed by atoms with Crippen molar-refractivity contribution in [1.82, 2.24) is 20.4 Å². The van der Waals surface area contributed by atoms with Crippen LogP contribution in [0.5, 0.6) is 0 Å². The standard InChI is InChI=1S/C16H20N4O5/c1-18(16(23)24)17-14(21)13-8-7-12-9-19(13)15(22)20(12)25-10-11-5-3-2-4-6-11/h2-6,12-13H,7-10H2,1H3,(H,17,21)(H,23,24). The molecule has 2 bridgehead atoms. The smallest absolute Gasteiger partial charge is 0.425 e. The SMILES string of the molecule is CN(NC(=O)C1CCC2CN1C(=O)N2OCc1ccccc1)C(=O)O. The summed E-state index contributed by atoms with van der Waals surface area (Å²) in [6, 6.07) is 8.35. The first-order valence-corrected chi connectivity index (χ1v) is 8.01. The topological polar surface area (TPSA) is 102 Å². The summed E-state index contributed by atoms with van der Waals surface area (Å²) >= 11 is 0. The molecule has 2 aliphatic heterocycles. The molecule has 4 amide bonds. The Morgan fingerprint density at radius 2 is 2.04 bits per heavy atom. The van der Waals surface area contributed by atoms with E-state index in [0.717, 1.165) is 5.56 Å². The number of hydrazine groups is 1. The summed E-state index contributed by atoms with van der Waals surface area (Å²) in [5, 5.41) is 10.8. The fourth-order valence-electron chi connectivity index (χ4n) is 3.08. The lowest BCUT2D eigenvalue weighted by molar-refractivity contribution is -0.140. The van der Waals surface area contributed by atoms with Gasteiger partial charge in [-0.05, 0) is 18.4 Å². The highest BCUT2D eigenvalue weighted by molar-refractivity contribution is 5.89. The molecule has 0 radical (unpaired) electrons. The zero-order chi connectivity index (χ0) is 18.0. The highest BCUT2D eigenvalue weighted by atomic mass is 16.7. The summed E-state index contributed by atoms with van der Waals surface area (Å²) in [5.41, 5.74) is 3.21. The average Bonchev–Trinajstić information content (AvgIpc) is 2.84. The Labute approximate surface area is 144 Å². The number of hydroxylamine groups is 2. The minimum absolute atomic E-state index is 0.0996. The van der Waals surface area contributed by atoms with Crippen LogP contribution in [0.15, 0.2) is 30.3 Å². The molecular formula is C16H20N4O5. The summed E-state index contributed by atoms with van der Waals surface area (Å²) in [6.07, 6.45) is -0.199. The van der Waals surface area contributed by atoms with Crippen molar-refractivity contribution >= 4 is 18.0 Å². The molecule has 9 heteroatoms. The van der Waals surface area contributed by atoms with Gasteiger partial charge in [-0.15, -0.1) is 0 Å². The van der Waals surface area contributed by atoms with E-state index in [-0.39, 0.29) is 18.7 Å². The van der Waals surface area contributed by atoms with Crippen molar-refractivity contribution in [3.05, 3.63) is 35.9 Å². The monoisotopic (exact) mass is 348 g/mol. The molecule has 2 N–H and O–H groups in total. The third kappa shape index (κ3) is 3.50. The molecule has 134 valence electrons. The van der Waals surface area contributed by atoms with E-state index in [1.807, 2.05) is 30.3 Å². The molecule has 2 atom stereocenters. The Bertz CT molecular complexity index is 668. The zero-order valence-corrected chi connectivity index (χ0v) is 13.8. The third-order valence-corrected chi connectivity index (χ3v) is 4.40. The number of hydrogen-bond donors (Lipinski definition) is 2. The quantitative estimate of drug-likeness (QED) is 0.791. The second-order valence-electron chi connectivity index (χ2n) is 6.08. The first kappa shape index (κ1) is 17.0. The first-order chi connectivity index (χ1) is 12.0. The Morgan fingerprint density at radius 1 is 1.32 bits per heavy atom. The Kier molecular flexibility index (Phi) is 4.75. The molecule has 3 rings (SSSR count). The molecule has 25 heavy (non-hydrogen) atoms. The van der Waals surface area contributed by atoms with Crippen LogP contribution < -0.4 is 5.43 Å².